The Morgan fingerprint density at radius 1 is 1.11 bits per heavy atom. The first-order chi connectivity index (χ1) is 9.08. The Morgan fingerprint density at radius 3 is 2.21 bits per heavy atom. The van der Waals surface area contributed by atoms with Crippen LogP contribution >= 0.6 is 0 Å². The average molecular weight is 259 g/mol. The van der Waals surface area contributed by atoms with Gasteiger partial charge in [-0.3, -0.25) is 4.79 Å². The van der Waals surface area contributed by atoms with Gasteiger partial charge in [0.25, 0.3) is 0 Å². The zero-order valence-corrected chi connectivity index (χ0v) is 12.3. The van der Waals surface area contributed by atoms with Gasteiger partial charge in [-0.15, -0.1) is 0 Å². The number of ketones is 1. The molecule has 1 aliphatic carbocycles. The maximum absolute atomic E-state index is 11.6. The molecule has 0 radical (unpaired) electrons. The lowest BCUT2D eigenvalue weighted by Crippen LogP contribution is -2.30. The second-order valence-corrected chi connectivity index (χ2v) is 6.11. The molecule has 104 valence electrons. The minimum atomic E-state index is 0.214. The van der Waals surface area contributed by atoms with Gasteiger partial charge < -0.3 is 5.32 Å². The number of anilines is 1. The number of benzene rings is 1. The minimum Gasteiger partial charge on any atom is -0.382 e. The average Bonchev–Trinajstić information content (AvgIpc) is 2.37. The number of nitrogens with one attached hydrogen (secondary N) is 1. The molecule has 2 unspecified atom stereocenters. The summed E-state index contributed by atoms with van der Waals surface area (Å²) in [6.07, 6.45) is 4.42. The molecule has 1 saturated carbocycles. The molecule has 2 nitrogen and oxygen atoms in total. The highest BCUT2D eigenvalue weighted by atomic mass is 16.1. The van der Waals surface area contributed by atoms with E-state index in [9.17, 15) is 4.79 Å². The van der Waals surface area contributed by atoms with Gasteiger partial charge in [-0.1, -0.05) is 20.8 Å². The predicted molar refractivity (Wildman–Crippen MR) is 80.7 cm³/mol. The summed E-state index contributed by atoms with van der Waals surface area (Å²) in [7, 11) is 0. The molecular formula is C17H25NO. The third kappa shape index (κ3) is 3.82. The van der Waals surface area contributed by atoms with Crippen molar-refractivity contribution >= 4 is 11.5 Å². The lowest BCUT2D eigenvalue weighted by atomic mass is 9.80. The summed E-state index contributed by atoms with van der Waals surface area (Å²) in [5, 5.41) is 3.61. The zero-order chi connectivity index (χ0) is 13.8. The normalized spacial score (nSPS) is 27.0. The van der Waals surface area contributed by atoms with Crippen LogP contribution in [0.15, 0.2) is 24.3 Å². The maximum Gasteiger partial charge on any atom is 0.162 e. The van der Waals surface area contributed by atoms with Gasteiger partial charge in [0.2, 0.25) is 0 Å². The van der Waals surface area contributed by atoms with Crippen LogP contribution < -0.4 is 5.32 Å². The highest BCUT2D eigenvalue weighted by Gasteiger charge is 2.23. The van der Waals surface area contributed by atoms with Gasteiger partial charge in [-0.05, 0) is 55.4 Å². The summed E-state index contributed by atoms with van der Waals surface area (Å²) in [6, 6.07) is 8.51. The van der Waals surface area contributed by atoms with Crippen LogP contribution in [0.5, 0.6) is 0 Å². The zero-order valence-electron chi connectivity index (χ0n) is 12.3. The van der Waals surface area contributed by atoms with Crippen molar-refractivity contribution in [2.75, 3.05) is 5.32 Å². The van der Waals surface area contributed by atoms with E-state index in [0.29, 0.717) is 12.5 Å². The number of hydrogen-bond donors (Lipinski definition) is 1. The number of carbonyl (C=O) groups is 1. The molecule has 0 heterocycles. The number of rotatable bonds is 4. The maximum atomic E-state index is 11.6. The molecule has 2 atom stereocenters. The van der Waals surface area contributed by atoms with Gasteiger partial charge >= 0.3 is 0 Å². The molecule has 2 heteroatoms. The van der Waals surface area contributed by atoms with Crippen LogP contribution in [0.1, 0.15) is 56.8 Å². The lowest BCUT2D eigenvalue weighted by molar-refractivity contribution is 0.0988. The van der Waals surface area contributed by atoms with Crippen LogP contribution in [0, 0.1) is 11.8 Å². The van der Waals surface area contributed by atoms with E-state index in [-0.39, 0.29) is 5.78 Å². The summed E-state index contributed by atoms with van der Waals surface area (Å²) in [6.45, 7) is 6.58. The Labute approximate surface area is 116 Å². The van der Waals surface area contributed by atoms with Crippen molar-refractivity contribution in [1.82, 2.24) is 0 Å². The Morgan fingerprint density at radius 2 is 1.68 bits per heavy atom. The fourth-order valence-corrected chi connectivity index (χ4v) is 3.26. The SMILES string of the molecule is CCC(=O)c1ccc(NC2CC(C)CC(C)C2)cc1. The van der Waals surface area contributed by atoms with Crippen LogP contribution in [0.25, 0.3) is 0 Å². The van der Waals surface area contributed by atoms with Gasteiger partial charge in [0.1, 0.15) is 0 Å². The molecule has 0 spiro atoms. The summed E-state index contributed by atoms with van der Waals surface area (Å²) in [5.41, 5.74) is 1.96. The minimum absolute atomic E-state index is 0.214. The van der Waals surface area contributed by atoms with Gasteiger partial charge in [0, 0.05) is 23.7 Å². The number of carbonyl (C=O) groups excluding carboxylic acids is 1. The third-order valence-corrected chi connectivity index (χ3v) is 4.08. The summed E-state index contributed by atoms with van der Waals surface area (Å²) >= 11 is 0. The predicted octanol–water partition coefficient (Wildman–Crippen LogP) is 4.52. The van der Waals surface area contributed by atoms with Crippen LogP contribution in [-0.2, 0) is 0 Å². The first-order valence-corrected chi connectivity index (χ1v) is 7.48. The molecule has 0 aromatic heterocycles. The van der Waals surface area contributed by atoms with Crippen molar-refractivity contribution in [1.29, 1.82) is 0 Å². The second kappa shape index (κ2) is 6.23. The lowest BCUT2D eigenvalue weighted by Gasteiger charge is -2.32. The standard InChI is InChI=1S/C17H25NO/c1-4-17(19)14-5-7-15(8-6-14)18-16-10-12(2)9-13(3)11-16/h5-8,12-13,16,18H,4,9-11H2,1-3H3. The fourth-order valence-electron chi connectivity index (χ4n) is 3.26. The molecule has 1 aliphatic rings. The largest absolute Gasteiger partial charge is 0.382 e. The quantitative estimate of drug-likeness (QED) is 0.806. The first-order valence-electron chi connectivity index (χ1n) is 7.48. The van der Waals surface area contributed by atoms with Gasteiger partial charge in [-0.2, -0.15) is 0 Å². The van der Waals surface area contributed by atoms with Gasteiger partial charge in [0.05, 0.1) is 0 Å². The monoisotopic (exact) mass is 259 g/mol. The molecule has 1 aromatic carbocycles. The molecule has 0 aliphatic heterocycles. The highest BCUT2D eigenvalue weighted by molar-refractivity contribution is 5.96. The van der Waals surface area contributed by atoms with E-state index in [1.807, 2.05) is 31.2 Å². The Bertz CT molecular complexity index is 413. The molecule has 2 rings (SSSR count). The Hall–Kier alpha value is -1.31. The second-order valence-electron chi connectivity index (χ2n) is 6.11. The fraction of sp³-hybridized carbons (Fsp3) is 0.588. The first kappa shape index (κ1) is 14.1. The Balaban J connectivity index is 1.97. The van der Waals surface area contributed by atoms with E-state index in [2.05, 4.69) is 19.2 Å². The van der Waals surface area contributed by atoms with Crippen molar-refractivity contribution in [3.8, 4) is 0 Å². The molecule has 1 fully saturated rings. The third-order valence-electron chi connectivity index (χ3n) is 4.08. The van der Waals surface area contributed by atoms with Crippen LogP contribution in [-0.4, -0.2) is 11.8 Å². The van der Waals surface area contributed by atoms with Crippen molar-refractivity contribution in [3.63, 3.8) is 0 Å². The van der Waals surface area contributed by atoms with E-state index in [1.54, 1.807) is 0 Å². The molecule has 1 N–H and O–H groups in total. The van der Waals surface area contributed by atoms with Crippen LogP contribution in [0.3, 0.4) is 0 Å². The topological polar surface area (TPSA) is 29.1 Å². The van der Waals surface area contributed by atoms with Crippen LogP contribution in [0.4, 0.5) is 5.69 Å². The van der Waals surface area contributed by atoms with Gasteiger partial charge in [0.15, 0.2) is 5.78 Å². The molecule has 19 heavy (non-hydrogen) atoms. The van der Waals surface area contributed by atoms with Crippen molar-refractivity contribution in [2.45, 2.75) is 52.5 Å². The summed E-state index contributed by atoms with van der Waals surface area (Å²) in [4.78, 5) is 11.6. The molecule has 0 bridgehead atoms. The smallest absolute Gasteiger partial charge is 0.162 e. The summed E-state index contributed by atoms with van der Waals surface area (Å²) < 4.78 is 0. The van der Waals surface area contributed by atoms with E-state index in [4.69, 9.17) is 0 Å². The number of hydrogen-bond acceptors (Lipinski definition) is 2. The molecule has 0 saturated heterocycles. The van der Waals surface area contributed by atoms with Crippen molar-refractivity contribution in [3.05, 3.63) is 29.8 Å². The van der Waals surface area contributed by atoms with Crippen molar-refractivity contribution in [2.24, 2.45) is 11.8 Å². The van der Waals surface area contributed by atoms with E-state index < -0.39 is 0 Å². The molecule has 1 aromatic rings. The van der Waals surface area contributed by atoms with E-state index in [0.717, 1.165) is 23.1 Å². The van der Waals surface area contributed by atoms with E-state index in [1.165, 1.54) is 19.3 Å². The molecular weight excluding hydrogens is 234 g/mol. The molecule has 0 amide bonds. The van der Waals surface area contributed by atoms with Crippen molar-refractivity contribution < 1.29 is 4.79 Å². The highest BCUT2D eigenvalue weighted by Crippen LogP contribution is 2.30. The Kier molecular flexibility index (Phi) is 4.62. The van der Waals surface area contributed by atoms with E-state index >= 15 is 0 Å². The van der Waals surface area contributed by atoms with Gasteiger partial charge in [-0.25, -0.2) is 0 Å². The summed E-state index contributed by atoms with van der Waals surface area (Å²) in [5.74, 6) is 1.83. The number of Topliss-reactive ketones (excluding diaryl/α,β-unsaturated/α-hetero) is 1. The van der Waals surface area contributed by atoms with Crippen LogP contribution in [0.2, 0.25) is 0 Å².